The summed E-state index contributed by atoms with van der Waals surface area (Å²) in [5, 5.41) is 17.4. The van der Waals surface area contributed by atoms with Crippen molar-refractivity contribution in [2.75, 3.05) is 7.11 Å². The molecule has 1 amide bonds. The van der Waals surface area contributed by atoms with E-state index < -0.39 is 5.97 Å². The van der Waals surface area contributed by atoms with E-state index in [0.29, 0.717) is 18.0 Å². The average Bonchev–Trinajstić information content (AvgIpc) is 3.02. The summed E-state index contributed by atoms with van der Waals surface area (Å²) in [6.07, 6.45) is 1.92. The van der Waals surface area contributed by atoms with Crippen LogP contribution in [0.1, 0.15) is 20.8 Å². The highest BCUT2D eigenvalue weighted by atomic mass is 32.1. The number of nitrogens with one attached hydrogen (secondary N) is 1. The first-order valence-electron chi connectivity index (χ1n) is 6.13. The standard InChI is InChI=1S/C13H15N3O4S/c1-16-6-9(12(15-16)20-2)5-14-11(17)4-8-3-10(13(18)19)21-7-8/h3,6-7H,4-5H2,1-2H3,(H,14,17)(H,18,19). The Bertz CT molecular complexity index is 662. The molecule has 0 aliphatic heterocycles. The van der Waals surface area contributed by atoms with E-state index in [1.165, 1.54) is 13.2 Å². The average molecular weight is 309 g/mol. The van der Waals surface area contributed by atoms with Gasteiger partial charge in [-0.2, -0.15) is 0 Å². The number of carbonyl (C=O) groups excluding carboxylic acids is 1. The minimum atomic E-state index is -0.980. The van der Waals surface area contributed by atoms with E-state index >= 15 is 0 Å². The van der Waals surface area contributed by atoms with Crippen molar-refractivity contribution in [1.82, 2.24) is 15.1 Å². The van der Waals surface area contributed by atoms with Gasteiger partial charge in [-0.05, 0) is 17.0 Å². The van der Waals surface area contributed by atoms with Crippen molar-refractivity contribution in [3.05, 3.63) is 33.6 Å². The molecule has 8 heteroatoms. The number of hydrogen-bond donors (Lipinski definition) is 2. The van der Waals surface area contributed by atoms with Gasteiger partial charge in [-0.1, -0.05) is 0 Å². The molecule has 2 aromatic rings. The van der Waals surface area contributed by atoms with Crippen molar-refractivity contribution >= 4 is 23.2 Å². The minimum Gasteiger partial charge on any atom is -0.480 e. The molecule has 2 heterocycles. The summed E-state index contributed by atoms with van der Waals surface area (Å²) in [4.78, 5) is 22.8. The number of carboxylic acids is 1. The van der Waals surface area contributed by atoms with Gasteiger partial charge in [0.05, 0.1) is 19.1 Å². The molecule has 21 heavy (non-hydrogen) atoms. The Morgan fingerprint density at radius 1 is 1.52 bits per heavy atom. The third-order valence-electron chi connectivity index (χ3n) is 2.76. The molecule has 0 aliphatic rings. The van der Waals surface area contributed by atoms with E-state index in [0.717, 1.165) is 16.9 Å². The van der Waals surface area contributed by atoms with Crippen LogP contribution in [0.3, 0.4) is 0 Å². The summed E-state index contributed by atoms with van der Waals surface area (Å²) < 4.78 is 6.71. The summed E-state index contributed by atoms with van der Waals surface area (Å²) in [5.41, 5.74) is 1.47. The van der Waals surface area contributed by atoms with Gasteiger partial charge in [0.15, 0.2) is 0 Å². The maximum Gasteiger partial charge on any atom is 0.345 e. The predicted octanol–water partition coefficient (Wildman–Crippen LogP) is 1.05. The lowest BCUT2D eigenvalue weighted by Crippen LogP contribution is -2.24. The lowest BCUT2D eigenvalue weighted by atomic mass is 10.2. The van der Waals surface area contributed by atoms with E-state index in [9.17, 15) is 9.59 Å². The fourth-order valence-electron chi connectivity index (χ4n) is 1.83. The molecule has 0 bridgehead atoms. The van der Waals surface area contributed by atoms with Crippen molar-refractivity contribution in [2.45, 2.75) is 13.0 Å². The van der Waals surface area contributed by atoms with Crippen LogP contribution in [-0.4, -0.2) is 33.9 Å². The lowest BCUT2D eigenvalue weighted by molar-refractivity contribution is -0.120. The zero-order valence-electron chi connectivity index (χ0n) is 11.6. The first-order valence-corrected chi connectivity index (χ1v) is 7.01. The van der Waals surface area contributed by atoms with Crippen LogP contribution in [0.15, 0.2) is 17.6 Å². The van der Waals surface area contributed by atoms with Gasteiger partial charge in [-0.15, -0.1) is 16.4 Å². The molecule has 0 saturated carbocycles. The Labute approximate surface area is 125 Å². The predicted molar refractivity (Wildman–Crippen MR) is 76.6 cm³/mol. The summed E-state index contributed by atoms with van der Waals surface area (Å²) in [5.74, 6) is -0.691. The number of thiophene rings is 1. The van der Waals surface area contributed by atoms with E-state index in [1.807, 2.05) is 0 Å². The van der Waals surface area contributed by atoms with Gasteiger partial charge in [-0.25, -0.2) is 4.79 Å². The van der Waals surface area contributed by atoms with E-state index in [4.69, 9.17) is 9.84 Å². The van der Waals surface area contributed by atoms with E-state index in [2.05, 4.69) is 10.4 Å². The highest BCUT2D eigenvalue weighted by Crippen LogP contribution is 2.16. The highest BCUT2D eigenvalue weighted by molar-refractivity contribution is 7.12. The molecule has 7 nitrogen and oxygen atoms in total. The Balaban J connectivity index is 1.90. The van der Waals surface area contributed by atoms with E-state index in [1.54, 1.807) is 23.3 Å². The molecule has 0 aliphatic carbocycles. The molecule has 112 valence electrons. The number of carbonyl (C=O) groups is 2. The molecule has 0 aromatic carbocycles. The highest BCUT2D eigenvalue weighted by Gasteiger charge is 2.12. The zero-order valence-corrected chi connectivity index (χ0v) is 12.4. The van der Waals surface area contributed by atoms with Crippen LogP contribution < -0.4 is 10.1 Å². The van der Waals surface area contributed by atoms with Crippen LogP contribution in [0.4, 0.5) is 0 Å². The molecule has 0 unspecified atom stereocenters. The van der Waals surface area contributed by atoms with Gasteiger partial charge >= 0.3 is 5.97 Å². The number of methoxy groups -OCH3 is 1. The summed E-state index contributed by atoms with van der Waals surface area (Å²) in [7, 11) is 3.29. The second kappa shape index (κ2) is 6.40. The topological polar surface area (TPSA) is 93.5 Å². The molecular weight excluding hydrogens is 294 g/mol. The number of nitrogens with zero attached hydrogens (tertiary/aromatic N) is 2. The monoisotopic (exact) mass is 309 g/mol. The number of ether oxygens (including phenoxy) is 1. The molecule has 2 N–H and O–H groups in total. The zero-order chi connectivity index (χ0) is 15.4. The molecule has 0 saturated heterocycles. The minimum absolute atomic E-state index is 0.145. The normalized spacial score (nSPS) is 10.4. The summed E-state index contributed by atoms with van der Waals surface area (Å²) >= 11 is 1.11. The third-order valence-corrected chi connectivity index (χ3v) is 3.73. The Morgan fingerprint density at radius 3 is 2.90 bits per heavy atom. The number of rotatable bonds is 6. The van der Waals surface area contributed by atoms with Crippen molar-refractivity contribution in [3.63, 3.8) is 0 Å². The molecular formula is C13H15N3O4S. The lowest BCUT2D eigenvalue weighted by Gasteiger charge is -2.04. The number of aromatic carboxylic acids is 1. The van der Waals surface area contributed by atoms with Crippen molar-refractivity contribution in [2.24, 2.45) is 7.05 Å². The van der Waals surface area contributed by atoms with Gasteiger partial charge in [0.1, 0.15) is 4.88 Å². The van der Waals surface area contributed by atoms with Gasteiger partial charge in [0, 0.05) is 19.8 Å². The number of amides is 1. The molecule has 2 rings (SSSR count). The first-order chi connectivity index (χ1) is 9.99. The molecule has 0 radical (unpaired) electrons. The Hall–Kier alpha value is -2.35. The largest absolute Gasteiger partial charge is 0.480 e. The quantitative estimate of drug-likeness (QED) is 0.832. The van der Waals surface area contributed by atoms with Crippen molar-refractivity contribution in [3.8, 4) is 5.88 Å². The second-order valence-electron chi connectivity index (χ2n) is 4.42. The summed E-state index contributed by atoms with van der Waals surface area (Å²) in [6, 6.07) is 1.51. The molecule has 2 aromatic heterocycles. The van der Waals surface area contributed by atoms with Gasteiger partial charge in [0.25, 0.3) is 0 Å². The number of hydrogen-bond acceptors (Lipinski definition) is 5. The fourth-order valence-corrected chi connectivity index (χ4v) is 2.58. The van der Waals surface area contributed by atoms with Crippen LogP contribution in [-0.2, 0) is 24.8 Å². The second-order valence-corrected chi connectivity index (χ2v) is 5.33. The number of aromatic nitrogens is 2. The Kier molecular flexibility index (Phi) is 4.59. The maximum atomic E-state index is 11.8. The fraction of sp³-hybridized carbons (Fsp3) is 0.308. The van der Waals surface area contributed by atoms with Crippen LogP contribution in [0.2, 0.25) is 0 Å². The van der Waals surface area contributed by atoms with Gasteiger partial charge in [0.2, 0.25) is 11.8 Å². The van der Waals surface area contributed by atoms with Crippen LogP contribution in [0.5, 0.6) is 5.88 Å². The smallest absolute Gasteiger partial charge is 0.345 e. The molecule has 0 fully saturated rings. The SMILES string of the molecule is COc1nn(C)cc1CNC(=O)Cc1csc(C(=O)O)c1. The van der Waals surface area contributed by atoms with Crippen LogP contribution >= 0.6 is 11.3 Å². The van der Waals surface area contributed by atoms with Crippen LogP contribution in [0, 0.1) is 0 Å². The van der Waals surface area contributed by atoms with Crippen molar-refractivity contribution in [1.29, 1.82) is 0 Å². The molecule has 0 atom stereocenters. The first kappa shape index (κ1) is 15.0. The van der Waals surface area contributed by atoms with Gasteiger partial charge in [-0.3, -0.25) is 9.48 Å². The number of carboxylic acid groups (broad SMARTS) is 1. The number of aryl methyl sites for hydroxylation is 1. The third kappa shape index (κ3) is 3.82. The summed E-state index contributed by atoms with van der Waals surface area (Å²) in [6.45, 7) is 0.311. The van der Waals surface area contributed by atoms with Crippen LogP contribution in [0.25, 0.3) is 0 Å². The maximum absolute atomic E-state index is 11.8. The van der Waals surface area contributed by atoms with E-state index in [-0.39, 0.29) is 17.2 Å². The van der Waals surface area contributed by atoms with Gasteiger partial charge < -0.3 is 15.2 Å². The molecule has 0 spiro atoms. The Morgan fingerprint density at radius 2 is 2.29 bits per heavy atom. The van der Waals surface area contributed by atoms with Crippen molar-refractivity contribution < 1.29 is 19.4 Å².